The van der Waals surface area contributed by atoms with Crippen molar-refractivity contribution in [3.8, 4) is 0 Å². The van der Waals surface area contributed by atoms with Crippen LogP contribution in [0.1, 0.15) is 22.5 Å². The predicted molar refractivity (Wildman–Crippen MR) is 89.2 cm³/mol. The average Bonchev–Trinajstić information content (AvgIpc) is 3.00. The summed E-state index contributed by atoms with van der Waals surface area (Å²) in [6, 6.07) is 5.94. The number of nitrogens with zero attached hydrogens (tertiary/aromatic N) is 1. The fourth-order valence-corrected chi connectivity index (χ4v) is 4.10. The Labute approximate surface area is 132 Å². The molecule has 21 heavy (non-hydrogen) atoms. The molecule has 3 N–H and O–H groups in total. The summed E-state index contributed by atoms with van der Waals surface area (Å²) in [7, 11) is 2.10. The van der Waals surface area contributed by atoms with E-state index in [2.05, 4.69) is 17.3 Å². The maximum absolute atomic E-state index is 12.4. The number of rotatable bonds is 3. The normalized spacial score (nSPS) is 19.2. The molecule has 2 heterocycles. The predicted octanol–water partition coefficient (Wildman–Crippen LogP) is 2.96. The molecule has 0 bridgehead atoms. The number of benzene rings is 1. The van der Waals surface area contributed by atoms with Crippen molar-refractivity contribution in [3.63, 3.8) is 0 Å². The molecule has 1 aromatic heterocycles. The number of nitrogens with one attached hydrogen (secondary N) is 1. The van der Waals surface area contributed by atoms with E-state index < -0.39 is 0 Å². The quantitative estimate of drug-likeness (QED) is 0.913. The number of likely N-dealkylation sites (tertiary alicyclic amines) is 1. The Kier molecular flexibility index (Phi) is 4.06. The van der Waals surface area contributed by atoms with Crippen molar-refractivity contribution < 1.29 is 4.79 Å². The maximum atomic E-state index is 12.4. The van der Waals surface area contributed by atoms with Gasteiger partial charge in [0.05, 0.1) is 5.69 Å². The third-order valence-corrected chi connectivity index (χ3v) is 5.47. The molecule has 1 aliphatic rings. The van der Waals surface area contributed by atoms with Gasteiger partial charge in [0.1, 0.15) is 4.88 Å². The lowest BCUT2D eigenvalue weighted by Gasteiger charge is -2.19. The Morgan fingerprint density at radius 1 is 1.57 bits per heavy atom. The minimum absolute atomic E-state index is 0.0925. The number of carbonyl (C=O) groups excluding carboxylic acids is 1. The van der Waals surface area contributed by atoms with Crippen LogP contribution in [0.25, 0.3) is 10.1 Å². The van der Waals surface area contributed by atoms with E-state index in [0.717, 1.165) is 23.1 Å². The molecule has 0 spiro atoms. The second-order valence-corrected chi connectivity index (χ2v) is 6.96. The molecule has 6 heteroatoms. The van der Waals surface area contributed by atoms with E-state index >= 15 is 0 Å². The number of hydrogen-bond acceptors (Lipinski definition) is 4. The fraction of sp³-hybridized carbons (Fsp3) is 0.400. The van der Waals surface area contributed by atoms with E-state index in [-0.39, 0.29) is 5.91 Å². The Morgan fingerprint density at radius 3 is 3.10 bits per heavy atom. The van der Waals surface area contributed by atoms with Crippen LogP contribution in [0.3, 0.4) is 0 Å². The van der Waals surface area contributed by atoms with Crippen molar-refractivity contribution >= 4 is 44.6 Å². The molecule has 112 valence electrons. The van der Waals surface area contributed by atoms with Gasteiger partial charge in [0.15, 0.2) is 0 Å². The lowest BCUT2D eigenvalue weighted by molar-refractivity contribution is 0.0948. The van der Waals surface area contributed by atoms with Crippen LogP contribution in [0.5, 0.6) is 0 Å². The Balaban J connectivity index is 1.76. The molecule has 1 aliphatic heterocycles. The number of nitrogen functional groups attached to an aromatic ring is 1. The number of likely N-dealkylation sites (N-methyl/N-ethyl adjacent to an activating group) is 1. The van der Waals surface area contributed by atoms with Crippen molar-refractivity contribution in [2.75, 3.05) is 25.9 Å². The van der Waals surface area contributed by atoms with E-state index in [0.29, 0.717) is 28.2 Å². The molecule has 0 radical (unpaired) electrons. The maximum Gasteiger partial charge on any atom is 0.263 e. The van der Waals surface area contributed by atoms with E-state index in [1.807, 2.05) is 12.1 Å². The van der Waals surface area contributed by atoms with Crippen LogP contribution in [0, 0.1) is 0 Å². The summed E-state index contributed by atoms with van der Waals surface area (Å²) in [5.41, 5.74) is 6.64. The van der Waals surface area contributed by atoms with Crippen LogP contribution in [-0.4, -0.2) is 37.0 Å². The monoisotopic (exact) mass is 323 g/mol. The third-order valence-electron chi connectivity index (χ3n) is 4.07. The highest BCUT2D eigenvalue weighted by Gasteiger charge is 2.22. The number of anilines is 1. The number of fused-ring (bicyclic) bond motifs is 1. The number of nitrogens with two attached hydrogens (primary N) is 1. The summed E-state index contributed by atoms with van der Waals surface area (Å²) in [4.78, 5) is 15.2. The number of amides is 1. The highest BCUT2D eigenvalue weighted by molar-refractivity contribution is 7.21. The minimum atomic E-state index is -0.0925. The summed E-state index contributed by atoms with van der Waals surface area (Å²) in [6.45, 7) is 1.77. The van der Waals surface area contributed by atoms with Gasteiger partial charge in [-0.3, -0.25) is 4.79 Å². The first-order chi connectivity index (χ1) is 10.1. The van der Waals surface area contributed by atoms with Crippen molar-refractivity contribution in [2.45, 2.75) is 18.9 Å². The molecule has 1 unspecified atom stereocenters. The molecule has 4 nitrogen and oxygen atoms in total. The zero-order valence-electron chi connectivity index (χ0n) is 11.9. The summed E-state index contributed by atoms with van der Waals surface area (Å²) in [6.07, 6.45) is 2.33. The van der Waals surface area contributed by atoms with E-state index in [9.17, 15) is 4.79 Å². The second-order valence-electron chi connectivity index (χ2n) is 5.47. The molecule has 0 aliphatic carbocycles. The van der Waals surface area contributed by atoms with Crippen molar-refractivity contribution in [1.82, 2.24) is 10.2 Å². The molecule has 1 saturated heterocycles. The zero-order chi connectivity index (χ0) is 15.0. The lowest BCUT2D eigenvalue weighted by Crippen LogP contribution is -2.38. The number of hydrogen-bond donors (Lipinski definition) is 2. The summed E-state index contributed by atoms with van der Waals surface area (Å²) >= 11 is 7.38. The van der Waals surface area contributed by atoms with Gasteiger partial charge in [-0.25, -0.2) is 0 Å². The summed E-state index contributed by atoms with van der Waals surface area (Å²) in [5, 5.41) is 4.56. The molecular formula is C15H18ClN3OS. The average molecular weight is 324 g/mol. The second kappa shape index (κ2) is 5.83. The van der Waals surface area contributed by atoms with Gasteiger partial charge in [0.25, 0.3) is 5.91 Å². The molecular weight excluding hydrogens is 306 g/mol. The standard InChI is InChI=1S/C15H18ClN3OS/c1-19-6-2-3-10(19)8-18-15(20)14-13(17)11-5-4-9(16)7-12(11)21-14/h4-5,7,10H,2-3,6,8,17H2,1H3,(H,18,20). The van der Waals surface area contributed by atoms with Gasteiger partial charge in [-0.2, -0.15) is 0 Å². The Bertz CT molecular complexity index is 685. The number of carbonyl (C=O) groups is 1. The van der Waals surface area contributed by atoms with Crippen molar-refractivity contribution in [2.24, 2.45) is 0 Å². The van der Waals surface area contributed by atoms with E-state index in [1.54, 1.807) is 6.07 Å². The zero-order valence-corrected chi connectivity index (χ0v) is 13.4. The fourth-order valence-electron chi connectivity index (χ4n) is 2.79. The van der Waals surface area contributed by atoms with Gasteiger partial charge < -0.3 is 16.0 Å². The van der Waals surface area contributed by atoms with Gasteiger partial charge in [0.2, 0.25) is 0 Å². The number of halogens is 1. The lowest BCUT2D eigenvalue weighted by atomic mass is 10.2. The van der Waals surface area contributed by atoms with Crippen LogP contribution < -0.4 is 11.1 Å². The first-order valence-electron chi connectivity index (χ1n) is 7.02. The highest BCUT2D eigenvalue weighted by Crippen LogP contribution is 2.35. The minimum Gasteiger partial charge on any atom is -0.397 e. The summed E-state index contributed by atoms with van der Waals surface area (Å²) in [5.74, 6) is -0.0925. The SMILES string of the molecule is CN1CCCC1CNC(=O)c1sc2cc(Cl)ccc2c1N. The van der Waals surface area contributed by atoms with Gasteiger partial charge >= 0.3 is 0 Å². The third kappa shape index (κ3) is 2.86. The van der Waals surface area contributed by atoms with Crippen LogP contribution in [0.2, 0.25) is 5.02 Å². The number of thiophene rings is 1. The molecule has 0 saturated carbocycles. The molecule has 1 amide bonds. The molecule has 1 atom stereocenters. The molecule has 1 aromatic carbocycles. The van der Waals surface area contributed by atoms with Gasteiger partial charge in [-0.1, -0.05) is 11.6 Å². The smallest absolute Gasteiger partial charge is 0.263 e. The molecule has 3 rings (SSSR count). The van der Waals surface area contributed by atoms with Crippen molar-refractivity contribution in [3.05, 3.63) is 28.1 Å². The van der Waals surface area contributed by atoms with Gasteiger partial charge in [-0.15, -0.1) is 11.3 Å². The first-order valence-corrected chi connectivity index (χ1v) is 8.21. The topological polar surface area (TPSA) is 58.4 Å². The first kappa shape index (κ1) is 14.6. The van der Waals surface area contributed by atoms with Crippen molar-refractivity contribution in [1.29, 1.82) is 0 Å². The largest absolute Gasteiger partial charge is 0.397 e. The summed E-state index contributed by atoms with van der Waals surface area (Å²) < 4.78 is 0.947. The van der Waals surface area contributed by atoms with Gasteiger partial charge in [0, 0.05) is 27.7 Å². The Hall–Kier alpha value is -1.30. The van der Waals surface area contributed by atoms with Gasteiger partial charge in [-0.05, 0) is 44.6 Å². The highest BCUT2D eigenvalue weighted by atomic mass is 35.5. The van der Waals surface area contributed by atoms with Crippen LogP contribution in [0.15, 0.2) is 18.2 Å². The molecule has 2 aromatic rings. The van der Waals surface area contributed by atoms with E-state index in [4.69, 9.17) is 17.3 Å². The van der Waals surface area contributed by atoms with Crippen LogP contribution in [-0.2, 0) is 0 Å². The van der Waals surface area contributed by atoms with Crippen LogP contribution >= 0.6 is 22.9 Å². The Morgan fingerprint density at radius 2 is 2.38 bits per heavy atom. The molecule has 1 fully saturated rings. The van der Waals surface area contributed by atoms with E-state index in [1.165, 1.54) is 17.8 Å². The van der Waals surface area contributed by atoms with Crippen LogP contribution in [0.4, 0.5) is 5.69 Å².